The first-order valence-corrected chi connectivity index (χ1v) is 10.7. The van der Waals surface area contributed by atoms with Crippen molar-refractivity contribution in [2.45, 2.75) is 40.0 Å². The van der Waals surface area contributed by atoms with E-state index >= 15 is 0 Å². The zero-order chi connectivity index (χ0) is 21.0. The number of hydrogen-bond donors (Lipinski definition) is 1. The fraction of sp³-hybridized carbons (Fsp3) is 0.591. The number of amides is 3. The van der Waals surface area contributed by atoms with Gasteiger partial charge in [0.1, 0.15) is 0 Å². The van der Waals surface area contributed by atoms with E-state index in [2.05, 4.69) is 10.2 Å². The Morgan fingerprint density at radius 1 is 1.03 bits per heavy atom. The van der Waals surface area contributed by atoms with Gasteiger partial charge < -0.3 is 20.0 Å². The van der Waals surface area contributed by atoms with Gasteiger partial charge in [-0.15, -0.1) is 0 Å². The molecule has 7 heteroatoms. The summed E-state index contributed by atoms with van der Waals surface area (Å²) in [5.41, 5.74) is 2.11. The lowest BCUT2D eigenvalue weighted by molar-refractivity contribution is -0.132. The zero-order valence-corrected chi connectivity index (χ0v) is 17.7. The summed E-state index contributed by atoms with van der Waals surface area (Å²) in [6, 6.07) is 5.55. The molecule has 0 radical (unpaired) electrons. The first-order valence-electron chi connectivity index (χ1n) is 10.7. The molecule has 0 spiro atoms. The Labute approximate surface area is 173 Å². The average molecular weight is 401 g/mol. The Balaban J connectivity index is 1.81. The quantitative estimate of drug-likeness (QED) is 0.764. The molecule has 1 N–H and O–H groups in total. The van der Waals surface area contributed by atoms with E-state index in [1.807, 2.05) is 30.9 Å². The van der Waals surface area contributed by atoms with Gasteiger partial charge in [-0.1, -0.05) is 6.92 Å². The molecule has 1 aromatic rings. The second kappa shape index (κ2) is 9.29. The van der Waals surface area contributed by atoms with Gasteiger partial charge in [0.15, 0.2) is 0 Å². The highest BCUT2D eigenvalue weighted by atomic mass is 16.2. The van der Waals surface area contributed by atoms with Crippen LogP contribution >= 0.6 is 0 Å². The largest absolute Gasteiger partial charge is 0.367 e. The third-order valence-electron chi connectivity index (χ3n) is 5.74. The molecule has 0 bridgehead atoms. The van der Waals surface area contributed by atoms with Crippen LogP contribution in [0.15, 0.2) is 18.2 Å². The van der Waals surface area contributed by atoms with E-state index in [9.17, 15) is 14.4 Å². The lowest BCUT2D eigenvalue weighted by Gasteiger charge is -2.37. The van der Waals surface area contributed by atoms with Gasteiger partial charge in [0, 0.05) is 63.0 Å². The second-order valence-corrected chi connectivity index (χ2v) is 7.70. The number of hydrogen-bond acceptors (Lipinski definition) is 4. The molecule has 1 aliphatic carbocycles. The third kappa shape index (κ3) is 4.89. The highest BCUT2D eigenvalue weighted by Crippen LogP contribution is 2.32. The smallest absolute Gasteiger partial charge is 0.256 e. The minimum Gasteiger partial charge on any atom is -0.367 e. The van der Waals surface area contributed by atoms with Crippen molar-refractivity contribution in [3.05, 3.63) is 23.8 Å². The van der Waals surface area contributed by atoms with Crippen LogP contribution in [0.3, 0.4) is 0 Å². The van der Waals surface area contributed by atoms with Crippen LogP contribution in [0.2, 0.25) is 0 Å². The molecule has 1 aliphatic heterocycles. The molecule has 1 heterocycles. The average Bonchev–Trinajstić information content (AvgIpc) is 3.59. The monoisotopic (exact) mass is 400 g/mol. The van der Waals surface area contributed by atoms with Gasteiger partial charge in [0.2, 0.25) is 11.8 Å². The summed E-state index contributed by atoms with van der Waals surface area (Å²) in [4.78, 5) is 43.2. The molecule has 2 fully saturated rings. The Bertz CT molecular complexity index is 763. The van der Waals surface area contributed by atoms with Crippen molar-refractivity contribution in [1.29, 1.82) is 0 Å². The molecule has 3 rings (SSSR count). The molecule has 7 nitrogen and oxygen atoms in total. The summed E-state index contributed by atoms with van der Waals surface area (Å²) in [6.07, 6.45) is 2.43. The van der Waals surface area contributed by atoms with E-state index in [4.69, 9.17) is 0 Å². The number of carbonyl (C=O) groups excluding carboxylic acids is 3. The van der Waals surface area contributed by atoms with Gasteiger partial charge in [-0.2, -0.15) is 0 Å². The number of rotatable bonds is 7. The first-order chi connectivity index (χ1) is 14.0. The van der Waals surface area contributed by atoms with Gasteiger partial charge in [0.05, 0.1) is 5.56 Å². The maximum Gasteiger partial charge on any atom is 0.256 e. The SMILES string of the molecule is CCC(=O)Nc1ccc(N2CCN(C(=O)C3CC3)CC2)c(C(=O)N(CC)CC)c1. The Morgan fingerprint density at radius 2 is 1.69 bits per heavy atom. The third-order valence-corrected chi connectivity index (χ3v) is 5.74. The van der Waals surface area contributed by atoms with Crippen LogP contribution in [0.1, 0.15) is 50.4 Å². The van der Waals surface area contributed by atoms with Crippen molar-refractivity contribution >= 4 is 29.1 Å². The minimum atomic E-state index is -0.0776. The predicted molar refractivity (Wildman–Crippen MR) is 114 cm³/mol. The number of nitrogens with one attached hydrogen (secondary N) is 1. The molecule has 3 amide bonds. The van der Waals surface area contributed by atoms with Crippen LogP contribution in [0.4, 0.5) is 11.4 Å². The van der Waals surface area contributed by atoms with Gasteiger partial charge in [0.25, 0.3) is 5.91 Å². The number of benzene rings is 1. The highest BCUT2D eigenvalue weighted by molar-refractivity contribution is 6.02. The maximum absolute atomic E-state index is 13.2. The van der Waals surface area contributed by atoms with Crippen molar-refractivity contribution in [2.24, 2.45) is 5.92 Å². The van der Waals surface area contributed by atoms with E-state index in [1.54, 1.807) is 17.9 Å². The van der Waals surface area contributed by atoms with Crippen LogP contribution in [-0.2, 0) is 9.59 Å². The molecule has 0 unspecified atom stereocenters. The Morgan fingerprint density at radius 3 is 2.24 bits per heavy atom. The predicted octanol–water partition coefficient (Wildman–Crippen LogP) is 2.58. The minimum absolute atomic E-state index is 0.0333. The van der Waals surface area contributed by atoms with E-state index < -0.39 is 0 Å². The van der Waals surface area contributed by atoms with Crippen LogP contribution in [0.25, 0.3) is 0 Å². The van der Waals surface area contributed by atoms with E-state index in [-0.39, 0.29) is 23.6 Å². The zero-order valence-electron chi connectivity index (χ0n) is 17.7. The van der Waals surface area contributed by atoms with Crippen molar-refractivity contribution in [3.63, 3.8) is 0 Å². The standard InChI is InChI=1S/C22H32N4O3/c1-4-20(27)23-17-9-10-19(18(15-17)22(29)24(5-2)6-3)25-11-13-26(14-12-25)21(28)16-7-8-16/h9-10,15-16H,4-8,11-14H2,1-3H3,(H,23,27). The van der Waals surface area contributed by atoms with Crippen LogP contribution in [-0.4, -0.2) is 66.8 Å². The number of anilines is 2. The van der Waals surface area contributed by atoms with Crippen LogP contribution in [0.5, 0.6) is 0 Å². The summed E-state index contributed by atoms with van der Waals surface area (Å²) in [5, 5.41) is 2.85. The van der Waals surface area contributed by atoms with E-state index in [0.29, 0.717) is 56.9 Å². The number of carbonyl (C=O) groups is 3. The Kier molecular flexibility index (Phi) is 6.77. The molecular formula is C22H32N4O3. The lowest BCUT2D eigenvalue weighted by atomic mass is 10.1. The van der Waals surface area contributed by atoms with E-state index in [1.165, 1.54) is 0 Å². The van der Waals surface area contributed by atoms with Gasteiger partial charge in [-0.25, -0.2) is 0 Å². The van der Waals surface area contributed by atoms with Gasteiger partial charge in [-0.05, 0) is 44.9 Å². The van der Waals surface area contributed by atoms with Crippen LogP contribution < -0.4 is 10.2 Å². The molecule has 158 valence electrons. The van der Waals surface area contributed by atoms with Crippen molar-refractivity contribution < 1.29 is 14.4 Å². The first kappa shape index (κ1) is 21.1. The van der Waals surface area contributed by atoms with Crippen molar-refractivity contribution in [2.75, 3.05) is 49.5 Å². The molecule has 1 aromatic carbocycles. The summed E-state index contributed by atoms with van der Waals surface area (Å²) in [7, 11) is 0. The molecule has 0 atom stereocenters. The maximum atomic E-state index is 13.2. The van der Waals surface area contributed by atoms with Crippen molar-refractivity contribution in [3.8, 4) is 0 Å². The Hall–Kier alpha value is -2.57. The molecule has 2 aliphatic rings. The topological polar surface area (TPSA) is 73.0 Å². The number of nitrogens with zero attached hydrogens (tertiary/aromatic N) is 3. The van der Waals surface area contributed by atoms with Gasteiger partial charge in [-0.3, -0.25) is 14.4 Å². The summed E-state index contributed by atoms with van der Waals surface area (Å²) in [5.74, 6) is 0.407. The lowest BCUT2D eigenvalue weighted by Crippen LogP contribution is -2.49. The summed E-state index contributed by atoms with van der Waals surface area (Å²) >= 11 is 0. The molecule has 29 heavy (non-hydrogen) atoms. The second-order valence-electron chi connectivity index (χ2n) is 7.70. The molecule has 1 saturated carbocycles. The highest BCUT2D eigenvalue weighted by Gasteiger charge is 2.35. The van der Waals surface area contributed by atoms with E-state index in [0.717, 1.165) is 18.5 Å². The fourth-order valence-corrected chi connectivity index (χ4v) is 3.75. The van der Waals surface area contributed by atoms with Crippen molar-refractivity contribution in [1.82, 2.24) is 9.80 Å². The normalized spacial score (nSPS) is 16.5. The fourth-order valence-electron chi connectivity index (χ4n) is 3.75. The molecule has 0 aromatic heterocycles. The number of piperazine rings is 1. The molecular weight excluding hydrogens is 368 g/mol. The molecule has 1 saturated heterocycles. The van der Waals surface area contributed by atoms with Gasteiger partial charge >= 0.3 is 0 Å². The van der Waals surface area contributed by atoms with Crippen LogP contribution in [0, 0.1) is 5.92 Å². The summed E-state index contributed by atoms with van der Waals surface area (Å²) in [6.45, 7) is 9.76. The summed E-state index contributed by atoms with van der Waals surface area (Å²) < 4.78 is 0.